The Kier molecular flexibility index (Phi) is 1.85. The van der Waals surface area contributed by atoms with Crippen LogP contribution in [0.2, 0.25) is 5.02 Å². The summed E-state index contributed by atoms with van der Waals surface area (Å²) >= 11 is 5.17. The molecule has 0 unspecified atom stereocenters. The quantitative estimate of drug-likeness (QED) is 0.535. The Morgan fingerprint density at radius 2 is 2.10 bits per heavy atom. The minimum Gasteiger partial charge on any atom is -0.227 e. The van der Waals surface area contributed by atoms with E-state index in [-0.39, 0.29) is 5.56 Å². The van der Waals surface area contributed by atoms with Crippen LogP contribution in [0.4, 0.5) is 8.78 Å². The smallest absolute Gasteiger partial charge is 0.227 e. The fourth-order valence-electron chi connectivity index (χ4n) is 0.531. The highest BCUT2D eigenvalue weighted by molar-refractivity contribution is 6.30. The number of rotatable bonds is 0. The zero-order valence-electron chi connectivity index (χ0n) is 5.16. The predicted octanol–water partition coefficient (Wildman–Crippen LogP) is 2.32. The molecule has 1 rings (SSSR count). The topological polar surface area (TPSA) is 12.9 Å². The third kappa shape index (κ3) is 1.09. The first-order valence-electron chi connectivity index (χ1n) is 2.59. The average Bonchev–Trinajstić information content (AvgIpc) is 1.93. The molecule has 0 saturated carbocycles. The van der Waals surface area contributed by atoms with Gasteiger partial charge in [-0.15, -0.1) is 0 Å². The van der Waals surface area contributed by atoms with E-state index in [4.69, 9.17) is 11.6 Å². The highest BCUT2D eigenvalue weighted by atomic mass is 35.5. The molecule has 0 radical (unpaired) electrons. The van der Waals surface area contributed by atoms with Crippen molar-refractivity contribution in [2.24, 2.45) is 0 Å². The minimum atomic E-state index is -0.968. The lowest BCUT2D eigenvalue weighted by Gasteiger charge is -1.96. The number of hydrogen-bond acceptors (Lipinski definition) is 1. The van der Waals surface area contributed by atoms with Gasteiger partial charge < -0.3 is 0 Å². The molecule has 0 aliphatic carbocycles. The maximum absolute atomic E-state index is 12.6. The van der Waals surface area contributed by atoms with Gasteiger partial charge in [-0.3, -0.25) is 0 Å². The molecule has 1 heterocycles. The standard InChI is InChI=1S/C6H4ClF2N/c1-3-2-10-6(9)4(7)5(3)8/h2H,1H3. The highest BCUT2D eigenvalue weighted by Crippen LogP contribution is 2.18. The third-order valence-corrected chi connectivity index (χ3v) is 1.41. The van der Waals surface area contributed by atoms with Crippen LogP contribution in [0.5, 0.6) is 0 Å². The van der Waals surface area contributed by atoms with Gasteiger partial charge in [0.1, 0.15) is 5.02 Å². The Labute approximate surface area is 61.7 Å². The Hall–Kier alpha value is -0.700. The van der Waals surface area contributed by atoms with Crippen LogP contribution < -0.4 is 0 Å². The first-order valence-corrected chi connectivity index (χ1v) is 2.97. The van der Waals surface area contributed by atoms with Crippen molar-refractivity contribution in [3.05, 3.63) is 28.5 Å². The van der Waals surface area contributed by atoms with Crippen molar-refractivity contribution in [1.29, 1.82) is 0 Å². The van der Waals surface area contributed by atoms with Crippen molar-refractivity contribution in [2.45, 2.75) is 6.92 Å². The number of hydrogen-bond donors (Lipinski definition) is 0. The summed E-state index contributed by atoms with van der Waals surface area (Å²) in [5.74, 6) is -1.71. The maximum atomic E-state index is 12.6. The molecule has 1 aromatic heterocycles. The molecule has 0 aliphatic rings. The molecule has 1 aromatic rings. The van der Waals surface area contributed by atoms with Crippen LogP contribution in [0.15, 0.2) is 6.20 Å². The normalized spacial score (nSPS) is 10.0. The van der Waals surface area contributed by atoms with Crippen LogP contribution in [-0.4, -0.2) is 4.98 Å². The van der Waals surface area contributed by atoms with Crippen LogP contribution >= 0.6 is 11.6 Å². The summed E-state index contributed by atoms with van der Waals surface area (Å²) in [6.07, 6.45) is 1.09. The molecule has 54 valence electrons. The van der Waals surface area contributed by atoms with Gasteiger partial charge in [0, 0.05) is 11.8 Å². The van der Waals surface area contributed by atoms with Gasteiger partial charge in [-0.25, -0.2) is 9.37 Å². The van der Waals surface area contributed by atoms with Crippen LogP contribution in [0.25, 0.3) is 0 Å². The molecular weight excluding hydrogens is 160 g/mol. The van der Waals surface area contributed by atoms with E-state index in [9.17, 15) is 8.78 Å². The first kappa shape index (κ1) is 7.41. The van der Waals surface area contributed by atoms with Gasteiger partial charge in [0.2, 0.25) is 5.95 Å². The summed E-state index contributed by atoms with van der Waals surface area (Å²) in [5.41, 5.74) is 0.242. The van der Waals surface area contributed by atoms with Gasteiger partial charge >= 0.3 is 0 Å². The lowest BCUT2D eigenvalue weighted by Crippen LogP contribution is -1.91. The van der Waals surface area contributed by atoms with E-state index in [0.29, 0.717) is 0 Å². The van der Waals surface area contributed by atoms with E-state index in [0.717, 1.165) is 6.20 Å². The first-order chi connectivity index (χ1) is 4.63. The Balaban J connectivity index is 3.34. The van der Waals surface area contributed by atoms with Crippen LogP contribution in [-0.2, 0) is 0 Å². The number of nitrogens with zero attached hydrogens (tertiary/aromatic N) is 1. The molecule has 0 bridgehead atoms. The summed E-state index contributed by atoms with van der Waals surface area (Å²) in [4.78, 5) is 3.20. The van der Waals surface area contributed by atoms with Crippen molar-refractivity contribution in [3.8, 4) is 0 Å². The Morgan fingerprint density at radius 1 is 1.50 bits per heavy atom. The molecule has 1 nitrogen and oxygen atoms in total. The largest absolute Gasteiger partial charge is 0.234 e. The van der Waals surface area contributed by atoms with E-state index in [2.05, 4.69) is 4.98 Å². The maximum Gasteiger partial charge on any atom is 0.234 e. The fraction of sp³-hybridized carbons (Fsp3) is 0.167. The Morgan fingerprint density at radius 3 is 2.60 bits per heavy atom. The van der Waals surface area contributed by atoms with Crippen LogP contribution in [0.3, 0.4) is 0 Å². The highest BCUT2D eigenvalue weighted by Gasteiger charge is 2.08. The Bertz CT molecular complexity index is 235. The van der Waals surface area contributed by atoms with Gasteiger partial charge in [0.05, 0.1) is 0 Å². The van der Waals surface area contributed by atoms with Crippen LogP contribution in [0.1, 0.15) is 5.56 Å². The summed E-state index contributed by atoms with van der Waals surface area (Å²) in [7, 11) is 0. The molecule has 10 heavy (non-hydrogen) atoms. The van der Waals surface area contributed by atoms with Gasteiger partial charge in [0.25, 0.3) is 0 Å². The van der Waals surface area contributed by atoms with Crippen molar-refractivity contribution < 1.29 is 8.78 Å². The molecule has 0 amide bonds. The van der Waals surface area contributed by atoms with Crippen molar-refractivity contribution in [2.75, 3.05) is 0 Å². The predicted molar refractivity (Wildman–Crippen MR) is 33.9 cm³/mol. The summed E-state index contributed by atoms with van der Waals surface area (Å²) in [5, 5.41) is -0.542. The zero-order valence-corrected chi connectivity index (χ0v) is 5.91. The van der Waals surface area contributed by atoms with Gasteiger partial charge in [-0.05, 0) is 6.92 Å². The second-order valence-corrected chi connectivity index (χ2v) is 2.24. The molecule has 0 saturated heterocycles. The van der Waals surface area contributed by atoms with Crippen molar-refractivity contribution in [1.82, 2.24) is 4.98 Å². The summed E-state index contributed by atoms with van der Waals surface area (Å²) < 4.78 is 24.9. The monoisotopic (exact) mass is 163 g/mol. The second kappa shape index (κ2) is 2.50. The second-order valence-electron chi connectivity index (χ2n) is 1.86. The molecule has 0 aromatic carbocycles. The van der Waals surface area contributed by atoms with E-state index < -0.39 is 16.8 Å². The van der Waals surface area contributed by atoms with Gasteiger partial charge in [-0.1, -0.05) is 11.6 Å². The lowest BCUT2D eigenvalue weighted by atomic mass is 10.3. The molecule has 0 spiro atoms. The lowest BCUT2D eigenvalue weighted by molar-refractivity contribution is 0.548. The van der Waals surface area contributed by atoms with E-state index in [1.807, 2.05) is 0 Å². The molecule has 4 heteroatoms. The molecule has 0 aliphatic heterocycles. The van der Waals surface area contributed by atoms with Gasteiger partial charge in [-0.2, -0.15) is 4.39 Å². The summed E-state index contributed by atoms with van der Waals surface area (Å²) in [6, 6.07) is 0. The fourth-order valence-corrected chi connectivity index (χ4v) is 0.728. The molecule has 0 N–H and O–H groups in total. The SMILES string of the molecule is Cc1cnc(F)c(Cl)c1F. The van der Waals surface area contributed by atoms with E-state index in [1.54, 1.807) is 0 Å². The third-order valence-electron chi connectivity index (χ3n) is 1.09. The van der Waals surface area contributed by atoms with E-state index >= 15 is 0 Å². The van der Waals surface area contributed by atoms with Crippen molar-refractivity contribution >= 4 is 11.6 Å². The number of pyridine rings is 1. The number of aromatic nitrogens is 1. The van der Waals surface area contributed by atoms with E-state index in [1.165, 1.54) is 6.92 Å². The zero-order chi connectivity index (χ0) is 7.72. The minimum absolute atomic E-state index is 0.242. The molecule has 0 atom stereocenters. The van der Waals surface area contributed by atoms with Gasteiger partial charge in [0.15, 0.2) is 5.82 Å². The summed E-state index contributed by atoms with van der Waals surface area (Å²) in [6.45, 7) is 1.47. The van der Waals surface area contributed by atoms with Crippen molar-refractivity contribution in [3.63, 3.8) is 0 Å². The molecule has 0 fully saturated rings. The number of aryl methyl sites for hydroxylation is 1. The average molecular weight is 164 g/mol. The molecular formula is C6H4ClF2N. The number of halogens is 3. The van der Waals surface area contributed by atoms with Crippen LogP contribution in [0, 0.1) is 18.7 Å².